The van der Waals surface area contributed by atoms with Gasteiger partial charge in [0.1, 0.15) is 0 Å². The van der Waals surface area contributed by atoms with Crippen molar-refractivity contribution in [1.82, 2.24) is 4.98 Å². The molecule has 1 heterocycles. The van der Waals surface area contributed by atoms with Crippen molar-refractivity contribution in [3.05, 3.63) is 33.2 Å². The van der Waals surface area contributed by atoms with Crippen LogP contribution in [0.15, 0.2) is 10.9 Å². The molecule has 0 spiro atoms. The van der Waals surface area contributed by atoms with Gasteiger partial charge in [0, 0.05) is 5.69 Å². The number of ketones is 1. The van der Waals surface area contributed by atoms with Crippen molar-refractivity contribution in [3.63, 3.8) is 0 Å². The van der Waals surface area contributed by atoms with Gasteiger partial charge in [-0.25, -0.2) is 0 Å². The summed E-state index contributed by atoms with van der Waals surface area (Å²) >= 11 is 0. The highest BCUT2D eigenvalue weighted by Gasteiger charge is 2.10. The van der Waals surface area contributed by atoms with Crippen molar-refractivity contribution in [2.75, 3.05) is 0 Å². The first-order chi connectivity index (χ1) is 6.56. The minimum atomic E-state index is -0.433. The average molecular weight is 190 g/mol. The van der Waals surface area contributed by atoms with E-state index in [4.69, 9.17) is 5.26 Å². The lowest BCUT2D eigenvalue weighted by Crippen LogP contribution is -2.18. The van der Waals surface area contributed by atoms with Gasteiger partial charge in [-0.05, 0) is 25.5 Å². The number of hydrogen-bond donors (Lipinski definition) is 1. The van der Waals surface area contributed by atoms with Gasteiger partial charge in [0.2, 0.25) is 0 Å². The third kappa shape index (κ3) is 1.88. The number of nitrogens with one attached hydrogen (secondary N) is 1. The molecule has 0 aliphatic carbocycles. The predicted molar refractivity (Wildman–Crippen MR) is 51.1 cm³/mol. The molecule has 1 aromatic heterocycles. The largest absolute Gasteiger partial charge is 0.326 e. The van der Waals surface area contributed by atoms with Crippen molar-refractivity contribution >= 4 is 5.78 Å². The van der Waals surface area contributed by atoms with Gasteiger partial charge in [-0.2, -0.15) is 5.26 Å². The van der Waals surface area contributed by atoms with Crippen molar-refractivity contribution in [3.8, 4) is 6.07 Å². The van der Waals surface area contributed by atoms with E-state index < -0.39 is 11.3 Å². The van der Waals surface area contributed by atoms with Gasteiger partial charge in [-0.15, -0.1) is 0 Å². The molecule has 0 saturated heterocycles. The minimum Gasteiger partial charge on any atom is -0.326 e. The number of rotatable bonds is 2. The van der Waals surface area contributed by atoms with Gasteiger partial charge in [0.15, 0.2) is 5.78 Å². The molecule has 0 atom stereocenters. The molecular weight excluding hydrogens is 180 g/mol. The number of carbonyl (C=O) groups is 1. The highest BCUT2D eigenvalue weighted by atomic mass is 16.1. The Kier molecular flexibility index (Phi) is 2.82. The first kappa shape index (κ1) is 10.2. The number of Topliss-reactive ketones (excluding diaryl/α,β-unsaturated/α-hetero) is 1. The summed E-state index contributed by atoms with van der Waals surface area (Å²) in [6.45, 7) is 3.56. The number of aromatic nitrogens is 1. The summed E-state index contributed by atoms with van der Waals surface area (Å²) in [6, 6.07) is 3.25. The van der Waals surface area contributed by atoms with Crippen molar-refractivity contribution < 1.29 is 4.79 Å². The van der Waals surface area contributed by atoms with E-state index in [9.17, 15) is 9.59 Å². The molecule has 14 heavy (non-hydrogen) atoms. The van der Waals surface area contributed by atoms with Crippen LogP contribution < -0.4 is 5.56 Å². The number of nitrogens with zero attached hydrogens (tertiary/aromatic N) is 1. The Labute approximate surface area is 81.2 Å². The molecule has 0 bridgehead atoms. The fraction of sp³-hybridized carbons (Fsp3) is 0.300. The Morgan fingerprint density at radius 1 is 1.57 bits per heavy atom. The van der Waals surface area contributed by atoms with E-state index in [1.807, 2.05) is 0 Å². The zero-order valence-electron chi connectivity index (χ0n) is 8.05. The normalized spacial score (nSPS) is 9.50. The lowest BCUT2D eigenvalue weighted by molar-refractivity contribution is 0.0996. The smallest absolute Gasteiger partial charge is 0.259 e. The van der Waals surface area contributed by atoms with E-state index in [0.29, 0.717) is 0 Å². The van der Waals surface area contributed by atoms with Gasteiger partial charge >= 0.3 is 0 Å². The maximum atomic E-state index is 11.3. The summed E-state index contributed by atoms with van der Waals surface area (Å²) in [5.41, 5.74) is 1.22. The predicted octanol–water partition coefficient (Wildman–Crippen LogP) is 1.09. The molecule has 0 aromatic carbocycles. The van der Waals surface area contributed by atoms with Crippen LogP contribution in [-0.2, 0) is 0 Å². The second kappa shape index (κ2) is 3.88. The molecule has 0 unspecified atom stereocenters. The van der Waals surface area contributed by atoms with Gasteiger partial charge in [0.25, 0.3) is 5.56 Å². The second-order valence-electron chi connectivity index (χ2n) is 3.08. The molecule has 0 saturated carbocycles. The molecule has 0 amide bonds. The quantitative estimate of drug-likeness (QED) is 0.709. The van der Waals surface area contributed by atoms with E-state index in [0.717, 1.165) is 11.3 Å². The van der Waals surface area contributed by atoms with E-state index in [1.54, 1.807) is 19.9 Å². The van der Waals surface area contributed by atoms with Gasteiger partial charge < -0.3 is 4.98 Å². The number of carbonyl (C=O) groups excluding carboxylic acids is 1. The number of nitriles is 1. The van der Waals surface area contributed by atoms with Crippen LogP contribution in [-0.4, -0.2) is 10.8 Å². The Morgan fingerprint density at radius 2 is 2.21 bits per heavy atom. The Bertz CT molecular complexity index is 466. The molecule has 72 valence electrons. The molecule has 0 fully saturated rings. The highest BCUT2D eigenvalue weighted by molar-refractivity contribution is 5.97. The number of H-pyrrole nitrogens is 1. The van der Waals surface area contributed by atoms with Crippen LogP contribution in [0, 0.1) is 25.2 Å². The summed E-state index contributed by atoms with van der Waals surface area (Å²) < 4.78 is 0. The zero-order valence-corrected chi connectivity index (χ0v) is 8.05. The number of aryl methyl sites for hydroxylation is 2. The fourth-order valence-electron chi connectivity index (χ4n) is 1.10. The SMILES string of the molecule is Cc1cc(C(=O)CC#N)c(=O)[nH]c1C. The van der Waals surface area contributed by atoms with E-state index in [2.05, 4.69) is 4.98 Å². The summed E-state index contributed by atoms with van der Waals surface area (Å²) in [6.07, 6.45) is -0.258. The summed E-state index contributed by atoms with van der Waals surface area (Å²) in [7, 11) is 0. The third-order valence-corrected chi connectivity index (χ3v) is 2.04. The lowest BCUT2D eigenvalue weighted by Gasteiger charge is -2.01. The van der Waals surface area contributed by atoms with Crippen LogP contribution in [0.2, 0.25) is 0 Å². The van der Waals surface area contributed by atoms with Crippen molar-refractivity contribution in [2.45, 2.75) is 20.3 Å². The van der Waals surface area contributed by atoms with Crippen LogP contribution >= 0.6 is 0 Å². The van der Waals surface area contributed by atoms with Crippen LogP contribution in [0.4, 0.5) is 0 Å². The second-order valence-corrected chi connectivity index (χ2v) is 3.08. The lowest BCUT2D eigenvalue weighted by atomic mass is 10.1. The summed E-state index contributed by atoms with van der Waals surface area (Å²) in [5.74, 6) is -0.433. The standard InChI is InChI=1S/C10H10N2O2/c1-6-5-8(9(13)3-4-11)10(14)12-7(6)2/h5H,3H2,1-2H3,(H,12,14). The maximum Gasteiger partial charge on any atom is 0.259 e. The molecule has 4 heteroatoms. The highest BCUT2D eigenvalue weighted by Crippen LogP contribution is 2.04. The molecule has 0 aliphatic heterocycles. The van der Waals surface area contributed by atoms with Crippen molar-refractivity contribution in [2.24, 2.45) is 0 Å². The monoisotopic (exact) mass is 190 g/mol. The summed E-state index contributed by atoms with van der Waals surface area (Å²) in [5, 5.41) is 8.33. The number of aromatic amines is 1. The van der Waals surface area contributed by atoms with Crippen molar-refractivity contribution in [1.29, 1.82) is 5.26 Å². The van der Waals surface area contributed by atoms with Crippen LogP contribution in [0.25, 0.3) is 0 Å². The number of pyridine rings is 1. The van der Waals surface area contributed by atoms with E-state index in [-0.39, 0.29) is 12.0 Å². The summed E-state index contributed by atoms with van der Waals surface area (Å²) in [4.78, 5) is 25.2. The third-order valence-electron chi connectivity index (χ3n) is 2.04. The Hall–Kier alpha value is -1.89. The molecule has 1 aromatic rings. The van der Waals surface area contributed by atoms with Gasteiger partial charge in [0.05, 0.1) is 18.1 Å². The zero-order chi connectivity index (χ0) is 10.7. The van der Waals surface area contributed by atoms with Gasteiger partial charge in [-0.3, -0.25) is 9.59 Å². The Balaban J connectivity index is 3.24. The van der Waals surface area contributed by atoms with Gasteiger partial charge in [-0.1, -0.05) is 0 Å². The molecule has 1 rings (SSSR count). The van der Waals surface area contributed by atoms with Crippen LogP contribution in [0.3, 0.4) is 0 Å². The topological polar surface area (TPSA) is 73.7 Å². The average Bonchev–Trinajstić information content (AvgIpc) is 2.11. The first-order valence-corrected chi connectivity index (χ1v) is 4.17. The minimum absolute atomic E-state index is 0.0645. The van der Waals surface area contributed by atoms with Crippen LogP contribution in [0.1, 0.15) is 28.0 Å². The Morgan fingerprint density at radius 3 is 2.79 bits per heavy atom. The molecular formula is C10H10N2O2. The molecule has 0 radical (unpaired) electrons. The van der Waals surface area contributed by atoms with E-state index >= 15 is 0 Å². The maximum absolute atomic E-state index is 11.3. The molecule has 4 nitrogen and oxygen atoms in total. The number of hydrogen-bond acceptors (Lipinski definition) is 3. The van der Waals surface area contributed by atoms with Crippen LogP contribution in [0.5, 0.6) is 0 Å². The molecule has 0 aliphatic rings. The van der Waals surface area contributed by atoms with E-state index in [1.165, 1.54) is 6.07 Å². The first-order valence-electron chi connectivity index (χ1n) is 4.17. The molecule has 1 N–H and O–H groups in total. The fourth-order valence-corrected chi connectivity index (χ4v) is 1.10.